The average molecular weight is 559 g/mol. The van der Waals surface area contributed by atoms with E-state index >= 15 is 0 Å². The van der Waals surface area contributed by atoms with Gasteiger partial charge in [0.25, 0.3) is 5.56 Å². The number of rotatable bonds is 10. The van der Waals surface area contributed by atoms with Crippen LogP contribution in [-0.4, -0.2) is 34.4 Å². The molecule has 0 radical (unpaired) electrons. The molecule has 2 N–H and O–H groups in total. The molecule has 1 aromatic heterocycles. The number of hydrogen-bond donors (Lipinski definition) is 2. The predicted octanol–water partition coefficient (Wildman–Crippen LogP) is 5.89. The second-order valence-corrected chi connectivity index (χ2v) is 9.60. The molecular formula is C31H27ClN2O6. The number of carboxylic acids is 1. The lowest BCUT2D eigenvalue weighted by atomic mass is 9.97. The molecule has 0 aliphatic carbocycles. The van der Waals surface area contributed by atoms with Crippen molar-refractivity contribution in [1.82, 2.24) is 4.57 Å². The van der Waals surface area contributed by atoms with Gasteiger partial charge in [0.05, 0.1) is 18.9 Å². The molecule has 4 rings (SSSR count). The summed E-state index contributed by atoms with van der Waals surface area (Å²) in [6, 6.07) is 20.5. The molecule has 0 unspecified atom stereocenters. The van der Waals surface area contributed by atoms with Crippen molar-refractivity contribution in [3.63, 3.8) is 0 Å². The first-order chi connectivity index (χ1) is 19.2. The number of Topliss-reactive ketones (excluding diaryl/α,β-unsaturated/α-hetero) is 1. The lowest BCUT2D eigenvalue weighted by molar-refractivity contribution is -0.119. The van der Waals surface area contributed by atoms with Crippen molar-refractivity contribution in [3.05, 3.63) is 117 Å². The quantitative estimate of drug-likeness (QED) is 0.235. The van der Waals surface area contributed by atoms with Crippen LogP contribution in [0.15, 0.2) is 89.9 Å². The molecule has 1 heterocycles. The summed E-state index contributed by atoms with van der Waals surface area (Å²) in [5, 5.41) is 12.3. The zero-order valence-electron chi connectivity index (χ0n) is 21.9. The second kappa shape index (κ2) is 12.4. The molecule has 8 nitrogen and oxygen atoms in total. The number of aromatic nitrogens is 1. The SMILES string of the molecule is COc1cn([C@@H](CCc2ccccc2)C(=O)Nc2ccc(C(=O)O)cc2)c(=O)cc1-c1cc(Cl)ccc1C(C)=O. The molecule has 0 aliphatic heterocycles. The number of aryl methyl sites for hydroxylation is 1. The van der Waals surface area contributed by atoms with Crippen LogP contribution in [-0.2, 0) is 11.2 Å². The van der Waals surface area contributed by atoms with Gasteiger partial charge < -0.3 is 15.2 Å². The van der Waals surface area contributed by atoms with E-state index in [-0.39, 0.29) is 17.1 Å². The number of benzene rings is 3. The van der Waals surface area contributed by atoms with Gasteiger partial charge in [0.2, 0.25) is 5.91 Å². The summed E-state index contributed by atoms with van der Waals surface area (Å²) in [5.74, 6) is -1.45. The van der Waals surface area contributed by atoms with Crippen molar-refractivity contribution in [2.45, 2.75) is 25.8 Å². The standard InChI is InChI=1S/C31H27ClN2O6/c1-19(35)24-14-11-22(32)16-25(24)26-17-29(36)34(18-28(26)40-2)27(15-8-20-6-4-3-5-7-20)30(37)33-23-12-9-21(10-13-23)31(38)39/h3-7,9-14,16-18,27H,8,15H2,1-2H3,(H,33,37)(H,38,39)/t27-/m0/s1. The number of methoxy groups -OCH3 is 1. The first-order valence-corrected chi connectivity index (χ1v) is 12.8. The van der Waals surface area contributed by atoms with E-state index in [0.717, 1.165) is 5.56 Å². The molecule has 9 heteroatoms. The fraction of sp³-hybridized carbons (Fsp3) is 0.161. The highest BCUT2D eigenvalue weighted by Gasteiger charge is 2.25. The molecule has 0 saturated carbocycles. The number of carbonyl (C=O) groups is 3. The minimum absolute atomic E-state index is 0.0844. The molecule has 0 spiro atoms. The highest BCUT2D eigenvalue weighted by atomic mass is 35.5. The van der Waals surface area contributed by atoms with Gasteiger partial charge in [-0.2, -0.15) is 0 Å². The van der Waals surface area contributed by atoms with Gasteiger partial charge in [-0.3, -0.25) is 19.0 Å². The van der Waals surface area contributed by atoms with Crippen molar-refractivity contribution < 1.29 is 24.2 Å². The Balaban J connectivity index is 1.75. The second-order valence-electron chi connectivity index (χ2n) is 9.16. The number of hydrogen-bond acceptors (Lipinski definition) is 5. The van der Waals surface area contributed by atoms with E-state index in [1.54, 1.807) is 18.2 Å². The Morgan fingerprint density at radius 3 is 2.30 bits per heavy atom. The molecule has 40 heavy (non-hydrogen) atoms. The number of amides is 1. The molecule has 204 valence electrons. The largest absolute Gasteiger partial charge is 0.495 e. The Labute approximate surface area is 235 Å². The fourth-order valence-electron chi connectivity index (χ4n) is 4.46. The lowest BCUT2D eigenvalue weighted by Gasteiger charge is -2.22. The zero-order valence-corrected chi connectivity index (χ0v) is 22.6. The number of nitrogens with one attached hydrogen (secondary N) is 1. The monoisotopic (exact) mass is 558 g/mol. The number of ketones is 1. The van der Waals surface area contributed by atoms with E-state index in [1.807, 2.05) is 30.3 Å². The number of anilines is 1. The van der Waals surface area contributed by atoms with E-state index in [9.17, 15) is 19.2 Å². The van der Waals surface area contributed by atoms with E-state index in [4.69, 9.17) is 21.4 Å². The Morgan fingerprint density at radius 1 is 0.975 bits per heavy atom. The van der Waals surface area contributed by atoms with Crippen molar-refractivity contribution in [1.29, 1.82) is 0 Å². The van der Waals surface area contributed by atoms with Crippen LogP contribution in [0.5, 0.6) is 5.75 Å². The number of carbonyl (C=O) groups excluding carboxylic acids is 2. The molecule has 3 aromatic carbocycles. The Morgan fingerprint density at radius 2 is 1.68 bits per heavy atom. The number of halogens is 1. The van der Waals surface area contributed by atoms with E-state index < -0.39 is 23.5 Å². The summed E-state index contributed by atoms with van der Waals surface area (Å²) >= 11 is 6.21. The van der Waals surface area contributed by atoms with Gasteiger partial charge >= 0.3 is 5.97 Å². The molecule has 0 fully saturated rings. The molecule has 4 aromatic rings. The number of aromatic carboxylic acids is 1. The van der Waals surface area contributed by atoms with Gasteiger partial charge in [-0.15, -0.1) is 0 Å². The van der Waals surface area contributed by atoms with Gasteiger partial charge in [0.1, 0.15) is 11.8 Å². The average Bonchev–Trinajstić information content (AvgIpc) is 2.94. The van der Waals surface area contributed by atoms with Crippen molar-refractivity contribution in [3.8, 4) is 16.9 Å². The van der Waals surface area contributed by atoms with Crippen LogP contribution >= 0.6 is 11.6 Å². The third-order valence-corrected chi connectivity index (χ3v) is 6.74. The summed E-state index contributed by atoms with van der Waals surface area (Å²) in [6.07, 6.45) is 2.27. The Hall–Kier alpha value is -4.69. The van der Waals surface area contributed by atoms with E-state index in [1.165, 1.54) is 55.1 Å². The van der Waals surface area contributed by atoms with Gasteiger partial charge in [-0.05, 0) is 73.4 Å². The maximum atomic E-state index is 13.6. The number of nitrogens with zero attached hydrogens (tertiary/aromatic N) is 1. The Kier molecular flexibility index (Phi) is 8.81. The minimum atomic E-state index is -1.08. The van der Waals surface area contributed by atoms with Crippen LogP contribution in [0.3, 0.4) is 0 Å². The van der Waals surface area contributed by atoms with Crippen molar-refractivity contribution >= 4 is 34.9 Å². The van der Waals surface area contributed by atoms with Crippen LogP contribution in [0.1, 0.15) is 45.7 Å². The molecule has 0 bridgehead atoms. The fourth-order valence-corrected chi connectivity index (χ4v) is 4.63. The van der Waals surface area contributed by atoms with Gasteiger partial charge in [-0.1, -0.05) is 41.9 Å². The van der Waals surface area contributed by atoms with Gasteiger partial charge in [-0.25, -0.2) is 4.79 Å². The van der Waals surface area contributed by atoms with Crippen molar-refractivity contribution in [2.24, 2.45) is 0 Å². The lowest BCUT2D eigenvalue weighted by Crippen LogP contribution is -2.33. The normalized spacial score (nSPS) is 11.5. The van der Waals surface area contributed by atoms with Crippen LogP contribution in [0, 0.1) is 0 Å². The topological polar surface area (TPSA) is 115 Å². The van der Waals surface area contributed by atoms with E-state index in [2.05, 4.69) is 5.32 Å². The first kappa shape index (κ1) is 28.3. The maximum Gasteiger partial charge on any atom is 0.335 e. The van der Waals surface area contributed by atoms with Crippen LogP contribution in [0.25, 0.3) is 11.1 Å². The van der Waals surface area contributed by atoms with Crippen molar-refractivity contribution in [2.75, 3.05) is 12.4 Å². The first-order valence-electron chi connectivity index (χ1n) is 12.5. The third-order valence-electron chi connectivity index (χ3n) is 6.50. The van der Waals surface area contributed by atoms with Gasteiger partial charge in [0.15, 0.2) is 5.78 Å². The summed E-state index contributed by atoms with van der Waals surface area (Å²) in [4.78, 5) is 50.6. The summed E-state index contributed by atoms with van der Waals surface area (Å²) < 4.78 is 6.92. The summed E-state index contributed by atoms with van der Waals surface area (Å²) in [6.45, 7) is 1.42. The maximum absolute atomic E-state index is 13.6. The third kappa shape index (κ3) is 6.47. The molecule has 1 amide bonds. The van der Waals surface area contributed by atoms with E-state index in [0.29, 0.717) is 40.2 Å². The summed E-state index contributed by atoms with van der Waals surface area (Å²) in [5.41, 5.74) is 2.20. The molecule has 0 saturated heterocycles. The summed E-state index contributed by atoms with van der Waals surface area (Å²) in [7, 11) is 1.44. The smallest absolute Gasteiger partial charge is 0.335 e. The van der Waals surface area contributed by atoms with Crippen LogP contribution in [0.4, 0.5) is 5.69 Å². The number of pyridine rings is 1. The highest BCUT2D eigenvalue weighted by molar-refractivity contribution is 6.31. The molecule has 1 atom stereocenters. The number of carboxylic acid groups (broad SMARTS) is 1. The zero-order chi connectivity index (χ0) is 28.8. The highest BCUT2D eigenvalue weighted by Crippen LogP contribution is 2.34. The van der Waals surface area contributed by atoms with Crippen LogP contribution < -0.4 is 15.6 Å². The number of ether oxygens (including phenoxy) is 1. The predicted molar refractivity (Wildman–Crippen MR) is 154 cm³/mol. The van der Waals surface area contributed by atoms with Gasteiger partial charge in [0, 0.05) is 27.9 Å². The minimum Gasteiger partial charge on any atom is -0.495 e. The Bertz CT molecular complexity index is 1610. The molecular weight excluding hydrogens is 532 g/mol. The van der Waals surface area contributed by atoms with Crippen LogP contribution in [0.2, 0.25) is 5.02 Å². The molecule has 0 aliphatic rings.